The highest BCUT2D eigenvalue weighted by Gasteiger charge is 2.15. The lowest BCUT2D eigenvalue weighted by molar-refractivity contribution is 0.0999. The fourth-order valence-corrected chi connectivity index (χ4v) is 2.91. The van der Waals surface area contributed by atoms with Gasteiger partial charge >= 0.3 is 0 Å². The van der Waals surface area contributed by atoms with Gasteiger partial charge in [-0.05, 0) is 54.6 Å². The number of nitrogens with zero attached hydrogens (tertiary/aromatic N) is 2. The zero-order valence-electron chi connectivity index (χ0n) is 14.5. The molecule has 0 unspecified atom stereocenters. The van der Waals surface area contributed by atoms with Gasteiger partial charge in [0.1, 0.15) is 22.9 Å². The zero-order chi connectivity index (χ0) is 19.7. The van der Waals surface area contributed by atoms with Crippen molar-refractivity contribution >= 4 is 16.8 Å². The average Bonchev–Trinajstić information content (AvgIpc) is 2.70. The predicted molar refractivity (Wildman–Crippen MR) is 102 cm³/mol. The molecule has 0 radical (unpaired) electrons. The number of rotatable bonds is 4. The maximum atomic E-state index is 13.3. The van der Waals surface area contributed by atoms with Crippen LogP contribution in [0.25, 0.3) is 16.6 Å². The molecule has 7 heteroatoms. The molecule has 0 spiro atoms. The van der Waals surface area contributed by atoms with Crippen molar-refractivity contribution in [1.29, 1.82) is 0 Å². The number of primary amides is 1. The van der Waals surface area contributed by atoms with Gasteiger partial charge in [0.2, 0.25) is 5.43 Å². The van der Waals surface area contributed by atoms with E-state index < -0.39 is 17.2 Å². The average molecular weight is 375 g/mol. The minimum atomic E-state index is -0.846. The molecule has 28 heavy (non-hydrogen) atoms. The summed E-state index contributed by atoms with van der Waals surface area (Å²) in [5, 5.41) is 0.252. The third-order valence-electron chi connectivity index (χ3n) is 4.22. The zero-order valence-corrected chi connectivity index (χ0v) is 14.5. The van der Waals surface area contributed by atoms with Crippen LogP contribution >= 0.6 is 0 Å². The summed E-state index contributed by atoms with van der Waals surface area (Å²) in [6.07, 6.45) is 4.52. The second kappa shape index (κ2) is 6.96. The molecule has 2 N–H and O–H groups in total. The molecule has 0 saturated carbocycles. The summed E-state index contributed by atoms with van der Waals surface area (Å²) in [4.78, 5) is 28.5. The van der Waals surface area contributed by atoms with Crippen molar-refractivity contribution in [3.63, 3.8) is 0 Å². The van der Waals surface area contributed by atoms with Gasteiger partial charge in [0.05, 0.1) is 17.1 Å². The summed E-state index contributed by atoms with van der Waals surface area (Å²) in [5.74, 6) is -0.325. The summed E-state index contributed by atoms with van der Waals surface area (Å²) >= 11 is 0. The Labute approximate surface area is 158 Å². The second-order valence-corrected chi connectivity index (χ2v) is 6.05. The Morgan fingerprint density at radius 1 is 1.07 bits per heavy atom. The first-order chi connectivity index (χ1) is 13.5. The van der Waals surface area contributed by atoms with Crippen molar-refractivity contribution in [1.82, 2.24) is 9.55 Å². The Hall–Kier alpha value is -4.00. The Kier molecular flexibility index (Phi) is 4.33. The van der Waals surface area contributed by atoms with Crippen LogP contribution in [-0.2, 0) is 0 Å². The number of benzene rings is 2. The number of pyridine rings is 2. The van der Waals surface area contributed by atoms with Crippen LogP contribution in [0.4, 0.5) is 4.39 Å². The largest absolute Gasteiger partial charge is 0.456 e. The van der Waals surface area contributed by atoms with Crippen LogP contribution < -0.4 is 15.9 Å². The van der Waals surface area contributed by atoms with Crippen LogP contribution in [0.3, 0.4) is 0 Å². The van der Waals surface area contributed by atoms with Crippen molar-refractivity contribution in [3.8, 4) is 17.2 Å². The number of carbonyl (C=O) groups is 1. The number of nitrogens with two attached hydrogens (primary N) is 1. The molecule has 0 saturated heterocycles. The first kappa shape index (κ1) is 17.4. The molecule has 138 valence electrons. The molecule has 6 nitrogen and oxygen atoms in total. The van der Waals surface area contributed by atoms with Gasteiger partial charge in [-0.2, -0.15) is 0 Å². The number of halogens is 1. The van der Waals surface area contributed by atoms with E-state index in [9.17, 15) is 14.0 Å². The van der Waals surface area contributed by atoms with E-state index in [2.05, 4.69) is 4.98 Å². The number of aromatic nitrogens is 2. The van der Waals surface area contributed by atoms with Gasteiger partial charge in [-0.1, -0.05) is 0 Å². The smallest absolute Gasteiger partial charge is 0.254 e. The summed E-state index contributed by atoms with van der Waals surface area (Å²) in [7, 11) is 0. The highest BCUT2D eigenvalue weighted by molar-refractivity contribution is 5.97. The van der Waals surface area contributed by atoms with Crippen LogP contribution in [0, 0.1) is 5.82 Å². The Morgan fingerprint density at radius 3 is 2.54 bits per heavy atom. The van der Waals surface area contributed by atoms with Gasteiger partial charge in [0, 0.05) is 18.1 Å². The molecule has 0 fully saturated rings. The summed E-state index contributed by atoms with van der Waals surface area (Å²) < 4.78 is 20.6. The normalized spacial score (nSPS) is 10.8. The van der Waals surface area contributed by atoms with Crippen molar-refractivity contribution in [2.24, 2.45) is 5.73 Å². The maximum Gasteiger partial charge on any atom is 0.254 e. The highest BCUT2D eigenvalue weighted by Crippen LogP contribution is 2.25. The molecule has 2 aromatic carbocycles. The second-order valence-electron chi connectivity index (χ2n) is 6.05. The monoisotopic (exact) mass is 375 g/mol. The van der Waals surface area contributed by atoms with Gasteiger partial charge < -0.3 is 15.0 Å². The van der Waals surface area contributed by atoms with Gasteiger partial charge in [-0.15, -0.1) is 0 Å². The van der Waals surface area contributed by atoms with E-state index in [-0.39, 0.29) is 10.9 Å². The molecule has 2 heterocycles. The predicted octanol–water partition coefficient (Wildman–Crippen LogP) is 3.42. The van der Waals surface area contributed by atoms with Crippen molar-refractivity contribution in [2.45, 2.75) is 0 Å². The first-order valence-corrected chi connectivity index (χ1v) is 8.36. The lowest BCUT2D eigenvalue weighted by Crippen LogP contribution is -2.23. The molecular formula is C21H14FN3O3. The van der Waals surface area contributed by atoms with E-state index in [1.807, 2.05) is 0 Å². The van der Waals surface area contributed by atoms with Crippen molar-refractivity contribution in [2.75, 3.05) is 0 Å². The Bertz CT molecular complexity index is 1240. The number of fused-ring (bicyclic) bond motifs is 1. The first-order valence-electron chi connectivity index (χ1n) is 8.36. The Morgan fingerprint density at radius 2 is 1.86 bits per heavy atom. The Balaban J connectivity index is 1.92. The quantitative estimate of drug-likeness (QED) is 0.592. The van der Waals surface area contributed by atoms with Crippen LogP contribution in [0.15, 0.2) is 78.0 Å². The third kappa shape index (κ3) is 3.21. The van der Waals surface area contributed by atoms with Gasteiger partial charge in [0.25, 0.3) is 5.91 Å². The summed E-state index contributed by atoms with van der Waals surface area (Å²) in [5.41, 5.74) is 5.82. The van der Waals surface area contributed by atoms with E-state index >= 15 is 0 Å². The molecule has 0 atom stereocenters. The molecule has 1 amide bonds. The topological polar surface area (TPSA) is 87.2 Å². The van der Waals surface area contributed by atoms with Crippen LogP contribution in [-0.4, -0.2) is 15.5 Å². The number of hydrogen-bond acceptors (Lipinski definition) is 4. The molecule has 0 bridgehead atoms. The minimum Gasteiger partial charge on any atom is -0.456 e. The number of amides is 1. The number of carbonyl (C=O) groups excluding carboxylic acids is 1. The van der Waals surface area contributed by atoms with Gasteiger partial charge in [0.15, 0.2) is 0 Å². The minimum absolute atomic E-state index is 0.171. The van der Waals surface area contributed by atoms with E-state index in [0.717, 1.165) is 0 Å². The number of hydrogen-bond donors (Lipinski definition) is 1. The molecule has 4 rings (SSSR count). The summed E-state index contributed by atoms with van der Waals surface area (Å²) in [6, 6.07) is 14.1. The lowest BCUT2D eigenvalue weighted by Gasteiger charge is -2.14. The number of ether oxygens (including phenoxy) is 1. The fourth-order valence-electron chi connectivity index (χ4n) is 2.91. The van der Waals surface area contributed by atoms with E-state index in [4.69, 9.17) is 10.5 Å². The summed E-state index contributed by atoms with van der Waals surface area (Å²) in [6.45, 7) is 0. The van der Waals surface area contributed by atoms with E-state index in [1.54, 1.807) is 53.4 Å². The van der Waals surface area contributed by atoms with Crippen LogP contribution in [0.1, 0.15) is 10.4 Å². The fraction of sp³-hybridized carbons (Fsp3) is 0. The third-order valence-corrected chi connectivity index (χ3v) is 4.22. The van der Waals surface area contributed by atoms with Gasteiger partial charge in [-0.25, -0.2) is 4.39 Å². The molecule has 2 aromatic heterocycles. The lowest BCUT2D eigenvalue weighted by atomic mass is 10.1. The highest BCUT2D eigenvalue weighted by atomic mass is 19.1. The molecule has 4 aromatic rings. The SMILES string of the molecule is NC(=O)c1cn(-c2ccc(F)cc2)c2ccc(Oc3cccnc3)cc2c1=O. The van der Waals surface area contributed by atoms with E-state index in [0.29, 0.717) is 22.7 Å². The standard InChI is InChI=1S/C21H14FN3O3/c22-13-3-5-14(6-4-13)25-12-18(21(23)27)20(26)17-10-15(7-8-19(17)25)28-16-2-1-9-24-11-16/h1-12H,(H2,23,27). The molecule has 0 aliphatic heterocycles. The van der Waals surface area contributed by atoms with Crippen LogP contribution in [0.2, 0.25) is 0 Å². The van der Waals surface area contributed by atoms with Crippen molar-refractivity contribution < 1.29 is 13.9 Å². The molecule has 0 aliphatic rings. The van der Waals surface area contributed by atoms with E-state index in [1.165, 1.54) is 24.4 Å². The molecule has 0 aliphatic carbocycles. The van der Waals surface area contributed by atoms with Gasteiger partial charge in [-0.3, -0.25) is 14.6 Å². The van der Waals surface area contributed by atoms with Crippen molar-refractivity contribution in [3.05, 3.63) is 94.8 Å². The maximum absolute atomic E-state index is 13.3. The van der Waals surface area contributed by atoms with Crippen LogP contribution in [0.5, 0.6) is 11.5 Å². The molecular weight excluding hydrogens is 361 g/mol.